The fourth-order valence-electron chi connectivity index (χ4n) is 8.92. The Hall–Kier alpha value is -3.15. The SMILES string of the molecule is CC/C=C\C/C=C\C=C\C(CCCCCCCC(=O)OC(COC(=O)CCCCCCC/C=C\CCCCCCCC)COC(=O)CCCCCCC/C=C\CCCCCCCC)C1CC=CC1. The van der Waals surface area contributed by atoms with Crippen molar-refractivity contribution in [3.8, 4) is 0 Å². The van der Waals surface area contributed by atoms with Gasteiger partial charge in [0, 0.05) is 19.3 Å². The van der Waals surface area contributed by atoms with Gasteiger partial charge in [-0.05, 0) is 115 Å². The number of carbonyl (C=O) groups excluding carboxylic acids is 3. The molecule has 0 saturated carbocycles. The Morgan fingerprint density at radius 2 is 0.868 bits per heavy atom. The van der Waals surface area contributed by atoms with Crippen LogP contribution in [0.1, 0.15) is 271 Å². The third-order valence-electron chi connectivity index (χ3n) is 13.3. The third kappa shape index (κ3) is 42.9. The lowest BCUT2D eigenvalue weighted by molar-refractivity contribution is -0.167. The lowest BCUT2D eigenvalue weighted by Crippen LogP contribution is -2.30. The standard InChI is InChI=1S/C62H106O6/c1-4-7-10-13-16-18-20-22-24-26-28-30-33-38-43-52-60(63)66-55-59(56-67-61(64)53-44-39-34-31-29-27-25-23-21-19-17-14-11-8-5-2)68-62(65)54-45-40-35-37-42-49-57(58-50-46-47-51-58)48-41-36-32-15-12-9-6-3/h9,12,22-25,32,36,41,46-48,57-59H,4-8,10-11,13-21,26-31,33-35,37-40,42-45,49-56H2,1-3H3/b12-9-,24-22-,25-23-,36-32-,48-41+. The summed E-state index contributed by atoms with van der Waals surface area (Å²) < 4.78 is 17.0. The van der Waals surface area contributed by atoms with Gasteiger partial charge in [0.2, 0.25) is 0 Å². The lowest BCUT2D eigenvalue weighted by Gasteiger charge is -2.20. The number of hydrogen-bond acceptors (Lipinski definition) is 6. The summed E-state index contributed by atoms with van der Waals surface area (Å²) >= 11 is 0. The van der Waals surface area contributed by atoms with Crippen LogP contribution in [0.4, 0.5) is 0 Å². The molecule has 0 radical (unpaired) electrons. The van der Waals surface area contributed by atoms with E-state index in [1.54, 1.807) is 0 Å². The molecule has 0 fully saturated rings. The van der Waals surface area contributed by atoms with Crippen molar-refractivity contribution < 1.29 is 28.6 Å². The van der Waals surface area contributed by atoms with Crippen LogP contribution in [0.25, 0.3) is 0 Å². The van der Waals surface area contributed by atoms with E-state index in [1.165, 1.54) is 141 Å². The first-order valence-corrected chi connectivity index (χ1v) is 28.9. The first-order valence-electron chi connectivity index (χ1n) is 28.9. The molecule has 0 aromatic carbocycles. The van der Waals surface area contributed by atoms with Crippen molar-refractivity contribution in [2.24, 2.45) is 11.8 Å². The highest BCUT2D eigenvalue weighted by Crippen LogP contribution is 2.31. The number of unbranched alkanes of at least 4 members (excludes halogenated alkanes) is 26. The molecule has 0 bridgehead atoms. The summed E-state index contributed by atoms with van der Waals surface area (Å²) in [5, 5.41) is 0. The Morgan fingerprint density at radius 1 is 0.456 bits per heavy atom. The van der Waals surface area contributed by atoms with Gasteiger partial charge in [0.1, 0.15) is 13.2 Å². The lowest BCUT2D eigenvalue weighted by atomic mass is 9.85. The second kappa shape index (κ2) is 50.2. The topological polar surface area (TPSA) is 78.9 Å². The minimum absolute atomic E-state index is 0.0891. The Bertz CT molecular complexity index is 1270. The van der Waals surface area contributed by atoms with Gasteiger partial charge in [0.15, 0.2) is 6.10 Å². The van der Waals surface area contributed by atoms with Crippen LogP contribution in [-0.2, 0) is 28.6 Å². The molecule has 0 saturated heterocycles. The van der Waals surface area contributed by atoms with Crippen LogP contribution in [0.15, 0.2) is 72.9 Å². The van der Waals surface area contributed by atoms with Crippen molar-refractivity contribution in [3.63, 3.8) is 0 Å². The zero-order chi connectivity index (χ0) is 49.1. The summed E-state index contributed by atoms with van der Waals surface area (Å²) in [6, 6.07) is 0. The van der Waals surface area contributed by atoms with Crippen molar-refractivity contribution in [1.82, 2.24) is 0 Å². The van der Waals surface area contributed by atoms with Gasteiger partial charge in [-0.1, -0.05) is 222 Å². The van der Waals surface area contributed by atoms with Crippen LogP contribution >= 0.6 is 0 Å². The van der Waals surface area contributed by atoms with Crippen molar-refractivity contribution in [1.29, 1.82) is 0 Å². The number of esters is 3. The Labute approximate surface area is 420 Å². The van der Waals surface area contributed by atoms with E-state index in [-0.39, 0.29) is 31.1 Å². The number of allylic oxidation sites excluding steroid dienone is 12. The maximum absolute atomic E-state index is 13.0. The minimum Gasteiger partial charge on any atom is -0.462 e. The highest BCUT2D eigenvalue weighted by atomic mass is 16.6. The highest BCUT2D eigenvalue weighted by molar-refractivity contribution is 5.71. The molecule has 0 N–H and O–H groups in total. The quantitative estimate of drug-likeness (QED) is 0.0199. The van der Waals surface area contributed by atoms with Crippen LogP contribution in [0.3, 0.4) is 0 Å². The predicted molar refractivity (Wildman–Crippen MR) is 291 cm³/mol. The molecule has 0 aromatic rings. The van der Waals surface area contributed by atoms with Crippen molar-refractivity contribution in [2.75, 3.05) is 13.2 Å². The molecule has 0 heterocycles. The van der Waals surface area contributed by atoms with Gasteiger partial charge < -0.3 is 14.2 Å². The van der Waals surface area contributed by atoms with Crippen molar-refractivity contribution in [3.05, 3.63) is 72.9 Å². The minimum atomic E-state index is -0.795. The van der Waals surface area contributed by atoms with Gasteiger partial charge in [0.05, 0.1) is 0 Å². The summed E-state index contributed by atoms with van der Waals surface area (Å²) in [7, 11) is 0. The van der Waals surface area contributed by atoms with E-state index < -0.39 is 6.10 Å². The van der Waals surface area contributed by atoms with E-state index in [0.717, 1.165) is 89.9 Å². The van der Waals surface area contributed by atoms with Crippen molar-refractivity contribution in [2.45, 2.75) is 277 Å². The molecule has 1 aliphatic carbocycles. The van der Waals surface area contributed by atoms with Gasteiger partial charge in [-0.2, -0.15) is 0 Å². The fourth-order valence-corrected chi connectivity index (χ4v) is 8.92. The maximum atomic E-state index is 13.0. The summed E-state index contributed by atoms with van der Waals surface area (Å²) in [6.07, 6.45) is 69.7. The van der Waals surface area contributed by atoms with Gasteiger partial charge in [-0.3, -0.25) is 14.4 Å². The number of rotatable bonds is 49. The number of hydrogen-bond donors (Lipinski definition) is 0. The third-order valence-corrected chi connectivity index (χ3v) is 13.3. The molecular formula is C62H106O6. The molecule has 1 rings (SSSR count). The predicted octanol–water partition coefficient (Wildman–Crippen LogP) is 18.8. The van der Waals surface area contributed by atoms with Crippen LogP contribution in [0.5, 0.6) is 0 Å². The molecule has 390 valence electrons. The molecule has 6 heteroatoms. The van der Waals surface area contributed by atoms with Gasteiger partial charge >= 0.3 is 17.9 Å². The summed E-state index contributed by atoms with van der Waals surface area (Å²) in [5.41, 5.74) is 0. The molecule has 68 heavy (non-hydrogen) atoms. The van der Waals surface area contributed by atoms with Gasteiger partial charge in [0.25, 0.3) is 0 Å². The first-order chi connectivity index (χ1) is 33.5. The Kier molecular flexibility index (Phi) is 46.5. The molecule has 0 amide bonds. The molecule has 1 atom stereocenters. The highest BCUT2D eigenvalue weighted by Gasteiger charge is 2.21. The first kappa shape index (κ1) is 62.9. The van der Waals surface area contributed by atoms with Gasteiger partial charge in [-0.15, -0.1) is 0 Å². The number of carbonyl (C=O) groups is 3. The van der Waals surface area contributed by atoms with Crippen LogP contribution in [0, 0.1) is 11.8 Å². The van der Waals surface area contributed by atoms with Crippen LogP contribution < -0.4 is 0 Å². The average Bonchev–Trinajstić information content (AvgIpc) is 3.89. The zero-order valence-corrected chi connectivity index (χ0v) is 44.6. The summed E-state index contributed by atoms with van der Waals surface area (Å²) in [4.78, 5) is 38.4. The monoisotopic (exact) mass is 947 g/mol. The molecule has 1 unspecified atom stereocenters. The molecule has 0 spiro atoms. The van der Waals surface area contributed by atoms with E-state index in [1.807, 2.05) is 0 Å². The van der Waals surface area contributed by atoms with E-state index >= 15 is 0 Å². The summed E-state index contributed by atoms with van der Waals surface area (Å²) in [6.45, 7) is 6.51. The fraction of sp³-hybridized carbons (Fsp3) is 0.758. The Morgan fingerprint density at radius 3 is 1.32 bits per heavy atom. The summed E-state index contributed by atoms with van der Waals surface area (Å²) in [5.74, 6) is 0.399. The molecule has 0 aromatic heterocycles. The molecular weight excluding hydrogens is 841 g/mol. The largest absolute Gasteiger partial charge is 0.462 e. The number of ether oxygens (including phenoxy) is 3. The van der Waals surface area contributed by atoms with E-state index in [0.29, 0.717) is 31.1 Å². The second-order valence-electron chi connectivity index (χ2n) is 19.7. The molecule has 0 aliphatic heterocycles. The van der Waals surface area contributed by atoms with Gasteiger partial charge in [-0.25, -0.2) is 0 Å². The second-order valence-corrected chi connectivity index (χ2v) is 19.7. The average molecular weight is 948 g/mol. The van der Waals surface area contributed by atoms with Crippen LogP contribution in [0.2, 0.25) is 0 Å². The van der Waals surface area contributed by atoms with E-state index in [9.17, 15) is 14.4 Å². The van der Waals surface area contributed by atoms with Crippen LogP contribution in [-0.4, -0.2) is 37.2 Å². The molecule has 6 nitrogen and oxygen atoms in total. The molecule has 1 aliphatic rings. The van der Waals surface area contributed by atoms with E-state index in [4.69, 9.17) is 14.2 Å². The smallest absolute Gasteiger partial charge is 0.306 e. The Balaban J connectivity index is 2.41. The zero-order valence-electron chi connectivity index (χ0n) is 44.6. The van der Waals surface area contributed by atoms with E-state index in [2.05, 4.69) is 93.7 Å². The maximum Gasteiger partial charge on any atom is 0.306 e. The normalized spacial score (nSPS) is 13.8. The van der Waals surface area contributed by atoms with Crippen molar-refractivity contribution >= 4 is 17.9 Å².